The molecule has 0 atom stereocenters. The molecule has 0 aliphatic heterocycles. The molecule has 29 heavy (non-hydrogen) atoms. The second kappa shape index (κ2) is 8.79. The van der Waals surface area contributed by atoms with Gasteiger partial charge >= 0.3 is 0 Å². The zero-order chi connectivity index (χ0) is 20.8. The highest BCUT2D eigenvalue weighted by Gasteiger charge is 2.12. The Balaban J connectivity index is 1.79. The first-order chi connectivity index (χ1) is 13.9. The van der Waals surface area contributed by atoms with E-state index in [2.05, 4.69) is 25.9 Å². The molecule has 0 bridgehead atoms. The van der Waals surface area contributed by atoms with E-state index in [1.54, 1.807) is 36.4 Å². The van der Waals surface area contributed by atoms with Gasteiger partial charge in [0.1, 0.15) is 11.6 Å². The molecule has 2 amide bonds. The topological polar surface area (TPSA) is 122 Å². The minimum Gasteiger partial charge on any atom is -0.365 e. The third-order valence-corrected chi connectivity index (χ3v) is 3.87. The Hall–Kier alpha value is -4.01. The molecule has 0 spiro atoms. The Morgan fingerprint density at radius 3 is 2.52 bits per heavy atom. The van der Waals surface area contributed by atoms with Gasteiger partial charge in [0.25, 0.3) is 5.91 Å². The van der Waals surface area contributed by atoms with E-state index >= 15 is 0 Å². The fourth-order valence-electron chi connectivity index (χ4n) is 2.55. The third-order valence-electron chi connectivity index (χ3n) is 3.87. The first-order valence-corrected chi connectivity index (χ1v) is 8.70. The normalized spacial score (nSPS) is 10.3. The number of rotatable bonds is 7. The summed E-state index contributed by atoms with van der Waals surface area (Å²) >= 11 is 0. The number of carbonyl (C=O) groups excluding carboxylic acids is 2. The van der Waals surface area contributed by atoms with Gasteiger partial charge in [0.2, 0.25) is 11.9 Å². The maximum absolute atomic E-state index is 13.0. The largest absolute Gasteiger partial charge is 0.365 e. The standard InChI is InChI=1S/C20H19FN6O2/c1-12(28)25-15-3-2-4-16(9-15)26-20-24-11-17(18(22)29)19(27-20)23-10-13-5-7-14(21)8-6-13/h2-9,11H,10H2,1H3,(H2,22,29)(H,25,28)(H2,23,24,26,27). The number of hydrogen-bond donors (Lipinski definition) is 4. The lowest BCUT2D eigenvalue weighted by molar-refractivity contribution is -0.114. The minimum absolute atomic E-state index is 0.129. The number of benzene rings is 2. The van der Waals surface area contributed by atoms with Crippen LogP contribution in [0.3, 0.4) is 0 Å². The smallest absolute Gasteiger partial charge is 0.254 e. The van der Waals surface area contributed by atoms with Gasteiger partial charge in [-0.2, -0.15) is 4.98 Å². The van der Waals surface area contributed by atoms with Gasteiger partial charge in [0.15, 0.2) is 0 Å². The highest BCUT2D eigenvalue weighted by molar-refractivity contribution is 5.97. The number of aromatic nitrogens is 2. The van der Waals surface area contributed by atoms with Gasteiger partial charge in [-0.15, -0.1) is 0 Å². The molecule has 5 N–H and O–H groups in total. The quantitative estimate of drug-likeness (QED) is 0.489. The molecule has 8 nitrogen and oxygen atoms in total. The highest BCUT2D eigenvalue weighted by atomic mass is 19.1. The summed E-state index contributed by atoms with van der Waals surface area (Å²) in [6.45, 7) is 1.74. The van der Waals surface area contributed by atoms with Crippen molar-refractivity contribution in [3.8, 4) is 0 Å². The molecular weight excluding hydrogens is 375 g/mol. The van der Waals surface area contributed by atoms with Crippen LogP contribution in [-0.4, -0.2) is 21.8 Å². The van der Waals surface area contributed by atoms with Gasteiger partial charge in [-0.25, -0.2) is 9.37 Å². The Morgan fingerprint density at radius 2 is 1.83 bits per heavy atom. The summed E-state index contributed by atoms with van der Waals surface area (Å²) in [4.78, 5) is 31.3. The number of nitrogens with two attached hydrogens (primary N) is 1. The number of amides is 2. The molecule has 3 rings (SSSR count). The fraction of sp³-hybridized carbons (Fsp3) is 0.100. The first kappa shape index (κ1) is 19.7. The number of primary amides is 1. The molecule has 0 unspecified atom stereocenters. The van der Waals surface area contributed by atoms with Gasteiger partial charge < -0.3 is 21.7 Å². The molecule has 0 saturated heterocycles. The van der Waals surface area contributed by atoms with E-state index in [1.807, 2.05) is 0 Å². The molecule has 0 radical (unpaired) electrons. The fourth-order valence-corrected chi connectivity index (χ4v) is 2.55. The van der Waals surface area contributed by atoms with Crippen molar-refractivity contribution in [3.63, 3.8) is 0 Å². The lowest BCUT2D eigenvalue weighted by Gasteiger charge is -2.12. The summed E-state index contributed by atoms with van der Waals surface area (Å²) in [5.74, 6) is -0.710. The van der Waals surface area contributed by atoms with Crippen LogP contribution in [0, 0.1) is 5.82 Å². The number of carbonyl (C=O) groups is 2. The van der Waals surface area contributed by atoms with Gasteiger partial charge in [0.05, 0.1) is 5.56 Å². The van der Waals surface area contributed by atoms with E-state index in [9.17, 15) is 14.0 Å². The summed E-state index contributed by atoms with van der Waals surface area (Å²) in [6.07, 6.45) is 1.32. The lowest BCUT2D eigenvalue weighted by Crippen LogP contribution is -2.17. The molecular formula is C20H19FN6O2. The van der Waals surface area contributed by atoms with Gasteiger partial charge in [-0.3, -0.25) is 9.59 Å². The number of hydrogen-bond acceptors (Lipinski definition) is 6. The molecule has 148 valence electrons. The average molecular weight is 394 g/mol. The monoisotopic (exact) mass is 394 g/mol. The van der Waals surface area contributed by atoms with Crippen LogP contribution in [0.1, 0.15) is 22.8 Å². The van der Waals surface area contributed by atoms with E-state index in [1.165, 1.54) is 25.3 Å². The molecule has 0 saturated carbocycles. The van der Waals surface area contributed by atoms with Crippen molar-refractivity contribution in [3.05, 3.63) is 71.7 Å². The molecule has 3 aromatic rings. The molecule has 0 aliphatic carbocycles. The van der Waals surface area contributed by atoms with Crippen LogP contribution < -0.4 is 21.7 Å². The van der Waals surface area contributed by atoms with Crippen LogP contribution in [0.5, 0.6) is 0 Å². The van der Waals surface area contributed by atoms with E-state index < -0.39 is 5.91 Å². The van der Waals surface area contributed by atoms with Crippen molar-refractivity contribution < 1.29 is 14.0 Å². The summed E-state index contributed by atoms with van der Waals surface area (Å²) in [5.41, 5.74) is 7.60. The summed E-state index contributed by atoms with van der Waals surface area (Å²) in [6, 6.07) is 13.0. The van der Waals surface area contributed by atoms with Crippen molar-refractivity contribution in [2.24, 2.45) is 5.73 Å². The Labute approximate surface area is 166 Å². The van der Waals surface area contributed by atoms with E-state index in [-0.39, 0.29) is 29.1 Å². The van der Waals surface area contributed by atoms with Crippen molar-refractivity contribution in [1.29, 1.82) is 0 Å². The van der Waals surface area contributed by atoms with E-state index in [4.69, 9.17) is 5.73 Å². The molecule has 9 heteroatoms. The van der Waals surface area contributed by atoms with Crippen molar-refractivity contribution in [2.45, 2.75) is 13.5 Å². The summed E-state index contributed by atoms with van der Waals surface area (Å²) < 4.78 is 13.0. The lowest BCUT2D eigenvalue weighted by atomic mass is 10.2. The molecule has 1 aromatic heterocycles. The zero-order valence-corrected chi connectivity index (χ0v) is 15.6. The highest BCUT2D eigenvalue weighted by Crippen LogP contribution is 2.21. The predicted octanol–water partition coefficient (Wildman–Crippen LogP) is 3.03. The average Bonchev–Trinajstić information content (AvgIpc) is 2.67. The van der Waals surface area contributed by atoms with Crippen LogP contribution in [0.2, 0.25) is 0 Å². The van der Waals surface area contributed by atoms with Crippen molar-refractivity contribution in [2.75, 3.05) is 16.0 Å². The number of nitrogens with zero attached hydrogens (tertiary/aromatic N) is 2. The second-order valence-corrected chi connectivity index (χ2v) is 6.19. The minimum atomic E-state index is -0.675. The Bertz CT molecular complexity index is 1040. The molecule has 2 aromatic carbocycles. The maximum Gasteiger partial charge on any atom is 0.254 e. The van der Waals surface area contributed by atoms with Gasteiger partial charge in [0, 0.05) is 31.0 Å². The summed E-state index contributed by atoms with van der Waals surface area (Å²) in [5, 5.41) is 8.73. The van der Waals surface area contributed by atoms with Crippen LogP contribution >= 0.6 is 0 Å². The molecule has 1 heterocycles. The van der Waals surface area contributed by atoms with Crippen molar-refractivity contribution in [1.82, 2.24) is 9.97 Å². The van der Waals surface area contributed by atoms with Crippen LogP contribution in [0.4, 0.5) is 27.5 Å². The van der Waals surface area contributed by atoms with Crippen molar-refractivity contribution >= 4 is 35.0 Å². The van der Waals surface area contributed by atoms with Crippen LogP contribution in [0.15, 0.2) is 54.7 Å². The maximum atomic E-state index is 13.0. The van der Waals surface area contributed by atoms with Crippen LogP contribution in [-0.2, 0) is 11.3 Å². The van der Waals surface area contributed by atoms with E-state index in [0.29, 0.717) is 17.9 Å². The summed E-state index contributed by atoms with van der Waals surface area (Å²) in [7, 11) is 0. The van der Waals surface area contributed by atoms with Gasteiger partial charge in [-0.1, -0.05) is 18.2 Å². The number of anilines is 4. The third kappa shape index (κ3) is 5.48. The number of halogens is 1. The SMILES string of the molecule is CC(=O)Nc1cccc(Nc2ncc(C(N)=O)c(NCc3ccc(F)cc3)n2)c1. The molecule has 0 aliphatic rings. The Kier molecular flexibility index (Phi) is 5.98. The first-order valence-electron chi connectivity index (χ1n) is 8.70. The van der Waals surface area contributed by atoms with E-state index in [0.717, 1.165) is 5.56 Å². The second-order valence-electron chi connectivity index (χ2n) is 6.19. The predicted molar refractivity (Wildman–Crippen MR) is 108 cm³/mol. The zero-order valence-electron chi connectivity index (χ0n) is 15.6. The van der Waals surface area contributed by atoms with Gasteiger partial charge in [-0.05, 0) is 35.9 Å². The molecule has 0 fully saturated rings. The van der Waals surface area contributed by atoms with Crippen LogP contribution in [0.25, 0.3) is 0 Å². The number of nitrogens with one attached hydrogen (secondary N) is 3. The Morgan fingerprint density at radius 1 is 1.10 bits per heavy atom.